The molecule has 27 heavy (non-hydrogen) atoms. The van der Waals surface area contributed by atoms with E-state index < -0.39 is 10.0 Å². The second kappa shape index (κ2) is 7.63. The normalized spacial score (nSPS) is 11.0. The topological polar surface area (TPSA) is 75.3 Å². The predicted molar refractivity (Wildman–Crippen MR) is 108 cm³/mol. The maximum Gasteiger partial charge on any atom is 0.261 e. The van der Waals surface area contributed by atoms with Crippen molar-refractivity contribution in [2.75, 3.05) is 10.0 Å². The van der Waals surface area contributed by atoms with Gasteiger partial charge in [-0.25, -0.2) is 8.42 Å². The molecular formula is C21H20N2O3S. The van der Waals surface area contributed by atoms with Crippen LogP contribution in [0.1, 0.15) is 21.5 Å². The molecule has 0 heterocycles. The number of carbonyl (C=O) groups is 1. The summed E-state index contributed by atoms with van der Waals surface area (Å²) in [6, 6.07) is 20.5. The van der Waals surface area contributed by atoms with Crippen molar-refractivity contribution in [3.8, 4) is 0 Å². The van der Waals surface area contributed by atoms with Gasteiger partial charge in [-0.1, -0.05) is 30.3 Å². The van der Waals surface area contributed by atoms with Crippen LogP contribution in [0, 0.1) is 13.8 Å². The fourth-order valence-corrected chi connectivity index (χ4v) is 3.80. The number of anilines is 2. The third-order valence-electron chi connectivity index (χ3n) is 4.06. The summed E-state index contributed by atoms with van der Waals surface area (Å²) in [6.45, 7) is 3.71. The van der Waals surface area contributed by atoms with Crippen LogP contribution in [0.5, 0.6) is 0 Å². The van der Waals surface area contributed by atoms with E-state index in [2.05, 4.69) is 10.0 Å². The molecule has 138 valence electrons. The van der Waals surface area contributed by atoms with Crippen LogP contribution in [0.2, 0.25) is 0 Å². The predicted octanol–water partition coefficient (Wildman–Crippen LogP) is 4.36. The quantitative estimate of drug-likeness (QED) is 0.691. The van der Waals surface area contributed by atoms with Gasteiger partial charge in [-0.3, -0.25) is 9.52 Å². The molecule has 0 atom stereocenters. The average molecular weight is 380 g/mol. The third kappa shape index (κ3) is 4.54. The lowest BCUT2D eigenvalue weighted by molar-refractivity contribution is 0.102. The first kappa shape index (κ1) is 18.7. The Morgan fingerprint density at radius 1 is 0.852 bits per heavy atom. The van der Waals surface area contributed by atoms with Gasteiger partial charge < -0.3 is 5.32 Å². The zero-order chi connectivity index (χ0) is 19.4. The van der Waals surface area contributed by atoms with Crippen LogP contribution < -0.4 is 10.0 Å². The Balaban J connectivity index is 1.78. The van der Waals surface area contributed by atoms with E-state index in [1.54, 1.807) is 43.3 Å². The van der Waals surface area contributed by atoms with Crippen LogP contribution in [0.4, 0.5) is 11.4 Å². The minimum Gasteiger partial charge on any atom is -0.322 e. The zero-order valence-electron chi connectivity index (χ0n) is 15.1. The van der Waals surface area contributed by atoms with E-state index in [9.17, 15) is 13.2 Å². The molecule has 0 fully saturated rings. The molecule has 0 unspecified atom stereocenters. The van der Waals surface area contributed by atoms with E-state index in [0.29, 0.717) is 22.5 Å². The highest BCUT2D eigenvalue weighted by atomic mass is 32.2. The van der Waals surface area contributed by atoms with Crippen LogP contribution in [0.25, 0.3) is 0 Å². The molecule has 0 aliphatic carbocycles. The molecule has 3 rings (SSSR count). The molecule has 0 aliphatic heterocycles. The summed E-state index contributed by atoms with van der Waals surface area (Å²) >= 11 is 0. The number of hydrogen-bond acceptors (Lipinski definition) is 3. The minimum absolute atomic E-state index is 0.186. The number of benzene rings is 3. The molecule has 0 bridgehead atoms. The average Bonchev–Trinajstić information content (AvgIpc) is 2.64. The van der Waals surface area contributed by atoms with Gasteiger partial charge in [-0.05, 0) is 67.4 Å². The smallest absolute Gasteiger partial charge is 0.261 e. The second-order valence-electron chi connectivity index (χ2n) is 6.27. The molecule has 5 nitrogen and oxygen atoms in total. The monoisotopic (exact) mass is 380 g/mol. The zero-order valence-corrected chi connectivity index (χ0v) is 15.9. The van der Waals surface area contributed by atoms with Gasteiger partial charge in [0.15, 0.2) is 0 Å². The van der Waals surface area contributed by atoms with Crippen molar-refractivity contribution < 1.29 is 13.2 Å². The molecule has 3 aromatic carbocycles. The van der Waals surface area contributed by atoms with Crippen LogP contribution >= 0.6 is 0 Å². The van der Waals surface area contributed by atoms with E-state index in [1.807, 2.05) is 31.2 Å². The van der Waals surface area contributed by atoms with Gasteiger partial charge in [-0.15, -0.1) is 0 Å². The summed E-state index contributed by atoms with van der Waals surface area (Å²) in [5, 5.41) is 2.84. The number of carbonyl (C=O) groups excluding carboxylic acids is 1. The summed E-state index contributed by atoms with van der Waals surface area (Å²) in [6.07, 6.45) is 0. The van der Waals surface area contributed by atoms with E-state index in [1.165, 1.54) is 12.1 Å². The summed E-state index contributed by atoms with van der Waals surface area (Å²) < 4.78 is 27.5. The van der Waals surface area contributed by atoms with Gasteiger partial charge in [0.2, 0.25) is 0 Å². The Hall–Kier alpha value is -3.12. The standard InChI is InChI=1S/C21H20N2O3S/c1-15-7-6-8-18(13-15)22-21(24)17-11-12-20(16(2)14-17)23-27(25,26)19-9-4-3-5-10-19/h3-14,23H,1-2H3,(H,22,24). The summed E-state index contributed by atoms with van der Waals surface area (Å²) in [5.74, 6) is -0.249. The molecule has 2 N–H and O–H groups in total. The van der Waals surface area contributed by atoms with E-state index in [0.717, 1.165) is 5.56 Å². The van der Waals surface area contributed by atoms with E-state index in [4.69, 9.17) is 0 Å². The Kier molecular flexibility index (Phi) is 5.28. The summed E-state index contributed by atoms with van der Waals surface area (Å²) in [5.41, 5.74) is 3.31. The summed E-state index contributed by atoms with van der Waals surface area (Å²) in [4.78, 5) is 12.6. The van der Waals surface area contributed by atoms with Crippen molar-refractivity contribution in [2.45, 2.75) is 18.7 Å². The number of nitrogens with one attached hydrogen (secondary N) is 2. The fourth-order valence-electron chi connectivity index (χ4n) is 2.65. The first-order valence-corrected chi connectivity index (χ1v) is 9.90. The van der Waals surface area contributed by atoms with Crippen molar-refractivity contribution in [1.82, 2.24) is 0 Å². The van der Waals surface area contributed by atoms with Gasteiger partial charge in [0.05, 0.1) is 10.6 Å². The van der Waals surface area contributed by atoms with Crippen molar-refractivity contribution in [3.05, 3.63) is 89.5 Å². The molecule has 3 aromatic rings. The van der Waals surface area contributed by atoms with Gasteiger partial charge in [0.25, 0.3) is 15.9 Å². The number of amides is 1. The molecule has 1 amide bonds. The Morgan fingerprint density at radius 3 is 2.26 bits per heavy atom. The highest BCUT2D eigenvalue weighted by molar-refractivity contribution is 7.92. The van der Waals surface area contributed by atoms with Gasteiger partial charge in [0.1, 0.15) is 0 Å². The van der Waals surface area contributed by atoms with Crippen LogP contribution in [-0.4, -0.2) is 14.3 Å². The van der Waals surface area contributed by atoms with Gasteiger partial charge >= 0.3 is 0 Å². The number of hydrogen-bond donors (Lipinski definition) is 2. The van der Waals surface area contributed by atoms with Crippen molar-refractivity contribution in [1.29, 1.82) is 0 Å². The second-order valence-corrected chi connectivity index (χ2v) is 7.95. The first-order valence-electron chi connectivity index (χ1n) is 8.42. The van der Waals surface area contributed by atoms with Crippen LogP contribution in [-0.2, 0) is 10.0 Å². The number of aryl methyl sites for hydroxylation is 2. The fraction of sp³-hybridized carbons (Fsp3) is 0.0952. The van der Waals surface area contributed by atoms with Gasteiger partial charge in [0, 0.05) is 11.3 Å². The highest BCUT2D eigenvalue weighted by Gasteiger charge is 2.16. The minimum atomic E-state index is -3.67. The molecule has 0 radical (unpaired) electrons. The molecule has 0 spiro atoms. The maximum absolute atomic E-state index is 12.5. The molecule has 0 aliphatic rings. The third-order valence-corrected chi connectivity index (χ3v) is 5.44. The highest BCUT2D eigenvalue weighted by Crippen LogP contribution is 2.21. The summed E-state index contributed by atoms with van der Waals surface area (Å²) in [7, 11) is -3.67. The van der Waals surface area contributed by atoms with Crippen molar-refractivity contribution in [2.24, 2.45) is 0 Å². The lowest BCUT2D eigenvalue weighted by Crippen LogP contribution is -2.15. The molecule has 0 saturated carbocycles. The maximum atomic E-state index is 12.5. The molecule has 0 saturated heterocycles. The van der Waals surface area contributed by atoms with Gasteiger partial charge in [-0.2, -0.15) is 0 Å². The van der Waals surface area contributed by atoms with Crippen LogP contribution in [0.3, 0.4) is 0 Å². The largest absolute Gasteiger partial charge is 0.322 e. The first-order chi connectivity index (χ1) is 12.8. The molecule has 0 aromatic heterocycles. The van der Waals surface area contributed by atoms with Crippen molar-refractivity contribution in [3.63, 3.8) is 0 Å². The van der Waals surface area contributed by atoms with Crippen molar-refractivity contribution >= 4 is 27.3 Å². The Morgan fingerprint density at radius 2 is 1.59 bits per heavy atom. The lowest BCUT2D eigenvalue weighted by atomic mass is 10.1. The number of sulfonamides is 1. The molecule has 6 heteroatoms. The van der Waals surface area contributed by atoms with E-state index in [-0.39, 0.29) is 10.8 Å². The van der Waals surface area contributed by atoms with E-state index >= 15 is 0 Å². The Bertz CT molecular complexity index is 1080. The molecular weight excluding hydrogens is 360 g/mol. The SMILES string of the molecule is Cc1cccc(NC(=O)c2ccc(NS(=O)(=O)c3ccccc3)c(C)c2)c1. The Labute approximate surface area is 159 Å². The lowest BCUT2D eigenvalue weighted by Gasteiger charge is -2.12. The van der Waals surface area contributed by atoms with Crippen LogP contribution in [0.15, 0.2) is 77.7 Å². The number of rotatable bonds is 5.